The van der Waals surface area contributed by atoms with Gasteiger partial charge in [-0.1, -0.05) is 37.6 Å². The van der Waals surface area contributed by atoms with Crippen molar-refractivity contribution in [2.24, 2.45) is 0 Å². The van der Waals surface area contributed by atoms with Crippen LogP contribution in [0.2, 0.25) is 0 Å². The molecular formula is C19H26N2O. The summed E-state index contributed by atoms with van der Waals surface area (Å²) in [5.74, 6) is 0.940. The van der Waals surface area contributed by atoms with Crippen molar-refractivity contribution in [3.05, 3.63) is 54.6 Å². The summed E-state index contributed by atoms with van der Waals surface area (Å²) >= 11 is 0. The lowest BCUT2D eigenvalue weighted by Gasteiger charge is -2.19. The summed E-state index contributed by atoms with van der Waals surface area (Å²) in [4.78, 5) is 2.24. The van der Waals surface area contributed by atoms with Gasteiger partial charge in [0.2, 0.25) is 0 Å². The highest BCUT2D eigenvalue weighted by molar-refractivity contribution is 5.49. The van der Waals surface area contributed by atoms with E-state index in [9.17, 15) is 0 Å². The lowest BCUT2D eigenvalue weighted by atomic mass is 10.3. The Labute approximate surface area is 133 Å². The van der Waals surface area contributed by atoms with Crippen molar-refractivity contribution < 1.29 is 4.74 Å². The number of ether oxygens (including phenoxy) is 1. The van der Waals surface area contributed by atoms with Crippen molar-refractivity contribution in [1.82, 2.24) is 0 Å². The van der Waals surface area contributed by atoms with Gasteiger partial charge in [-0.3, -0.25) is 0 Å². The molecule has 0 saturated heterocycles. The highest BCUT2D eigenvalue weighted by atomic mass is 16.5. The second-order valence-corrected chi connectivity index (χ2v) is 5.41. The van der Waals surface area contributed by atoms with Crippen molar-refractivity contribution >= 4 is 11.4 Å². The van der Waals surface area contributed by atoms with Crippen LogP contribution in [0.5, 0.6) is 5.75 Å². The molecule has 118 valence electrons. The summed E-state index contributed by atoms with van der Waals surface area (Å²) in [5, 5.41) is 3.45. The topological polar surface area (TPSA) is 24.5 Å². The Morgan fingerprint density at radius 3 is 2.64 bits per heavy atom. The Morgan fingerprint density at radius 2 is 1.86 bits per heavy atom. The SMILES string of the molecule is CCCCOc1cccc(NCCN(C)c2ccccc2)c1. The summed E-state index contributed by atoms with van der Waals surface area (Å²) in [6.45, 7) is 4.80. The monoisotopic (exact) mass is 298 g/mol. The average Bonchev–Trinajstić information content (AvgIpc) is 2.56. The normalized spacial score (nSPS) is 10.3. The molecule has 0 heterocycles. The number of hydrogen-bond acceptors (Lipinski definition) is 3. The Morgan fingerprint density at radius 1 is 1.05 bits per heavy atom. The van der Waals surface area contributed by atoms with Crippen LogP contribution in [0.25, 0.3) is 0 Å². The predicted molar refractivity (Wildman–Crippen MR) is 95.0 cm³/mol. The van der Waals surface area contributed by atoms with E-state index in [0.717, 1.165) is 44.0 Å². The van der Waals surface area contributed by atoms with Crippen LogP contribution in [0.1, 0.15) is 19.8 Å². The predicted octanol–water partition coefficient (Wildman–Crippen LogP) is 4.41. The van der Waals surface area contributed by atoms with Crippen molar-refractivity contribution in [3.63, 3.8) is 0 Å². The molecule has 2 aromatic carbocycles. The van der Waals surface area contributed by atoms with Gasteiger partial charge in [0.15, 0.2) is 0 Å². The first kappa shape index (κ1) is 16.2. The first-order valence-corrected chi connectivity index (χ1v) is 8.02. The zero-order valence-electron chi connectivity index (χ0n) is 13.6. The molecule has 0 bridgehead atoms. The van der Waals surface area contributed by atoms with Crippen LogP contribution < -0.4 is 15.0 Å². The molecular weight excluding hydrogens is 272 g/mol. The number of anilines is 2. The number of rotatable bonds is 9. The Kier molecular flexibility index (Phi) is 6.62. The molecule has 0 atom stereocenters. The van der Waals surface area contributed by atoms with E-state index >= 15 is 0 Å². The molecule has 1 N–H and O–H groups in total. The number of likely N-dealkylation sites (N-methyl/N-ethyl adjacent to an activating group) is 1. The summed E-state index contributed by atoms with van der Waals surface area (Å²) in [5.41, 5.74) is 2.34. The van der Waals surface area contributed by atoms with Gasteiger partial charge in [0.1, 0.15) is 5.75 Å². The number of nitrogens with one attached hydrogen (secondary N) is 1. The molecule has 2 aromatic rings. The molecule has 0 aliphatic carbocycles. The average molecular weight is 298 g/mol. The smallest absolute Gasteiger partial charge is 0.121 e. The van der Waals surface area contributed by atoms with Gasteiger partial charge in [-0.05, 0) is 30.7 Å². The van der Waals surface area contributed by atoms with E-state index in [1.54, 1.807) is 0 Å². The van der Waals surface area contributed by atoms with Gasteiger partial charge in [0.25, 0.3) is 0 Å². The summed E-state index contributed by atoms with van der Waals surface area (Å²) in [7, 11) is 2.11. The minimum absolute atomic E-state index is 0.788. The third kappa shape index (κ3) is 5.32. The lowest BCUT2D eigenvalue weighted by molar-refractivity contribution is 0.309. The maximum atomic E-state index is 5.73. The van der Waals surface area contributed by atoms with Gasteiger partial charge < -0.3 is 15.0 Å². The van der Waals surface area contributed by atoms with Crippen molar-refractivity contribution in [2.75, 3.05) is 37.0 Å². The van der Waals surface area contributed by atoms with Crippen LogP contribution in [0.15, 0.2) is 54.6 Å². The van der Waals surface area contributed by atoms with E-state index in [0.29, 0.717) is 0 Å². The molecule has 22 heavy (non-hydrogen) atoms. The molecule has 0 radical (unpaired) electrons. The minimum atomic E-state index is 0.788. The highest BCUT2D eigenvalue weighted by Gasteiger charge is 2.00. The molecule has 2 rings (SSSR count). The molecule has 0 aliphatic heterocycles. The van der Waals surface area contributed by atoms with Gasteiger partial charge in [-0.25, -0.2) is 0 Å². The van der Waals surface area contributed by atoms with Crippen molar-refractivity contribution in [1.29, 1.82) is 0 Å². The van der Waals surface area contributed by atoms with Gasteiger partial charge in [-0.15, -0.1) is 0 Å². The van der Waals surface area contributed by atoms with Gasteiger partial charge >= 0.3 is 0 Å². The van der Waals surface area contributed by atoms with E-state index in [4.69, 9.17) is 4.74 Å². The largest absolute Gasteiger partial charge is 0.494 e. The fourth-order valence-corrected chi connectivity index (χ4v) is 2.21. The van der Waals surface area contributed by atoms with E-state index in [1.165, 1.54) is 5.69 Å². The Hall–Kier alpha value is -2.16. The zero-order chi connectivity index (χ0) is 15.6. The van der Waals surface area contributed by atoms with Crippen LogP contribution in [0.3, 0.4) is 0 Å². The van der Waals surface area contributed by atoms with Gasteiger partial charge in [0, 0.05) is 37.6 Å². The van der Waals surface area contributed by atoms with Crippen LogP contribution in [0.4, 0.5) is 11.4 Å². The first-order chi connectivity index (χ1) is 10.8. The van der Waals surface area contributed by atoms with Crippen LogP contribution >= 0.6 is 0 Å². The molecule has 0 amide bonds. The molecule has 0 saturated carbocycles. The summed E-state index contributed by atoms with van der Waals surface area (Å²) < 4.78 is 5.73. The minimum Gasteiger partial charge on any atom is -0.494 e. The lowest BCUT2D eigenvalue weighted by Crippen LogP contribution is -2.24. The Balaban J connectivity index is 1.78. The quantitative estimate of drug-likeness (QED) is 0.694. The van der Waals surface area contributed by atoms with Crippen molar-refractivity contribution in [3.8, 4) is 5.75 Å². The number of hydrogen-bond donors (Lipinski definition) is 1. The molecule has 0 spiro atoms. The van der Waals surface area contributed by atoms with Gasteiger partial charge in [0.05, 0.1) is 6.61 Å². The maximum Gasteiger partial charge on any atom is 0.121 e. The number of nitrogens with zero attached hydrogens (tertiary/aromatic N) is 1. The highest BCUT2D eigenvalue weighted by Crippen LogP contribution is 2.17. The summed E-state index contributed by atoms with van der Waals surface area (Å²) in [6, 6.07) is 18.6. The molecule has 0 fully saturated rings. The first-order valence-electron chi connectivity index (χ1n) is 8.02. The fourth-order valence-electron chi connectivity index (χ4n) is 2.21. The molecule has 3 heteroatoms. The molecule has 0 aliphatic rings. The molecule has 0 unspecified atom stereocenters. The Bertz CT molecular complexity index is 542. The van der Waals surface area contributed by atoms with E-state index in [2.05, 4.69) is 60.6 Å². The van der Waals surface area contributed by atoms with E-state index in [-0.39, 0.29) is 0 Å². The molecule has 3 nitrogen and oxygen atoms in total. The van der Waals surface area contributed by atoms with Crippen molar-refractivity contribution in [2.45, 2.75) is 19.8 Å². The number of benzene rings is 2. The fraction of sp³-hybridized carbons (Fsp3) is 0.368. The number of para-hydroxylation sites is 1. The second-order valence-electron chi connectivity index (χ2n) is 5.41. The number of unbranched alkanes of at least 4 members (excludes halogenated alkanes) is 1. The summed E-state index contributed by atoms with van der Waals surface area (Å²) in [6.07, 6.45) is 2.25. The van der Waals surface area contributed by atoms with Gasteiger partial charge in [-0.2, -0.15) is 0 Å². The zero-order valence-corrected chi connectivity index (χ0v) is 13.6. The second kappa shape index (κ2) is 8.98. The standard InChI is InChI=1S/C19H26N2O/c1-3-4-15-22-19-12-8-9-17(16-19)20-13-14-21(2)18-10-6-5-7-11-18/h5-12,16,20H,3-4,13-15H2,1-2H3. The maximum absolute atomic E-state index is 5.73. The third-order valence-corrected chi connectivity index (χ3v) is 3.57. The van der Waals surface area contributed by atoms with Crippen LogP contribution in [0, 0.1) is 0 Å². The van der Waals surface area contributed by atoms with E-state index < -0.39 is 0 Å². The van der Waals surface area contributed by atoms with Crippen LogP contribution in [-0.2, 0) is 0 Å². The third-order valence-electron chi connectivity index (χ3n) is 3.57. The molecule has 0 aromatic heterocycles. The van der Waals surface area contributed by atoms with Crippen LogP contribution in [-0.4, -0.2) is 26.7 Å². The van der Waals surface area contributed by atoms with E-state index in [1.807, 2.05) is 18.2 Å².